The van der Waals surface area contributed by atoms with E-state index >= 15 is 0 Å². The van der Waals surface area contributed by atoms with Crippen molar-refractivity contribution in [3.8, 4) is 0 Å². The average Bonchev–Trinajstić information content (AvgIpc) is 2.48. The third-order valence-electron chi connectivity index (χ3n) is 1.95. The molecule has 0 spiro atoms. The maximum atomic E-state index is 11.3. The zero-order valence-electron chi connectivity index (χ0n) is 6.99. The van der Waals surface area contributed by atoms with E-state index in [9.17, 15) is 4.79 Å². The fraction of sp³-hybridized carbons (Fsp3) is 0.100. The maximum absolute atomic E-state index is 11.3. The molecule has 13 heavy (non-hydrogen) atoms. The van der Waals surface area contributed by atoms with E-state index in [1.165, 1.54) is 0 Å². The van der Waals surface area contributed by atoms with E-state index in [0.717, 1.165) is 5.56 Å². The molecule has 0 fully saturated rings. The quantitative estimate of drug-likeness (QED) is 0.690. The van der Waals surface area contributed by atoms with E-state index in [1.54, 1.807) is 0 Å². The lowest BCUT2D eigenvalue weighted by Crippen LogP contribution is -2.01. The fourth-order valence-electron chi connectivity index (χ4n) is 1.33. The molecule has 1 aromatic rings. The van der Waals surface area contributed by atoms with E-state index < -0.39 is 0 Å². The third kappa shape index (κ3) is 1.28. The van der Waals surface area contributed by atoms with Gasteiger partial charge in [-0.15, -0.1) is 0 Å². The Morgan fingerprint density at radius 1 is 1.23 bits per heavy atom. The maximum Gasteiger partial charge on any atom is 0.206 e. The molecule has 0 unspecified atom stereocenters. The van der Waals surface area contributed by atoms with Crippen LogP contribution in [0, 0.1) is 0 Å². The van der Waals surface area contributed by atoms with Crippen LogP contribution in [0.25, 0.3) is 5.57 Å². The minimum Gasteiger partial charge on any atom is -0.470 e. The second kappa shape index (κ2) is 2.94. The number of ketones is 1. The number of carbonyl (C=O) groups excluding carboxylic acids is 1. The van der Waals surface area contributed by atoms with Crippen molar-refractivity contribution >= 4 is 11.4 Å². The zero-order valence-corrected chi connectivity index (χ0v) is 6.99. The predicted molar refractivity (Wildman–Crippen MR) is 48.5 cm³/mol. The van der Waals surface area contributed by atoms with Crippen LogP contribution >= 0.6 is 0 Å². The fourth-order valence-corrected chi connectivity index (χ4v) is 1.33. The summed E-state index contributed by atoms with van der Waals surface area (Å²) in [6, 6.07) is 9.30. The summed E-state index contributed by atoms with van der Waals surface area (Å²) in [7, 11) is 0. The van der Waals surface area contributed by atoms with Crippen LogP contribution in [-0.4, -0.2) is 12.4 Å². The Hall–Kier alpha value is -1.77. The standard InChI is InChI=1S/C10H9NO2/c11-10-9(8(12)6-13-10)7-4-2-1-3-5-7/h1-5H,6,11H2. The summed E-state index contributed by atoms with van der Waals surface area (Å²) in [6.07, 6.45) is 0. The molecule has 0 saturated heterocycles. The van der Waals surface area contributed by atoms with Gasteiger partial charge < -0.3 is 10.5 Å². The highest BCUT2D eigenvalue weighted by Gasteiger charge is 2.23. The van der Waals surface area contributed by atoms with Crippen molar-refractivity contribution in [2.75, 3.05) is 6.61 Å². The van der Waals surface area contributed by atoms with Crippen molar-refractivity contribution < 1.29 is 9.53 Å². The summed E-state index contributed by atoms with van der Waals surface area (Å²) < 4.78 is 4.94. The molecule has 0 bridgehead atoms. The highest BCUT2D eigenvalue weighted by Crippen LogP contribution is 2.22. The van der Waals surface area contributed by atoms with Crippen LogP contribution in [0.3, 0.4) is 0 Å². The Balaban J connectivity index is 2.47. The minimum atomic E-state index is -0.0521. The Kier molecular flexibility index (Phi) is 1.77. The van der Waals surface area contributed by atoms with Crippen LogP contribution in [-0.2, 0) is 9.53 Å². The van der Waals surface area contributed by atoms with Crippen molar-refractivity contribution in [1.29, 1.82) is 0 Å². The van der Waals surface area contributed by atoms with Crippen molar-refractivity contribution in [3.63, 3.8) is 0 Å². The number of hydrogen-bond acceptors (Lipinski definition) is 3. The lowest BCUT2D eigenvalue weighted by atomic mass is 10.0. The molecule has 3 heteroatoms. The first kappa shape index (κ1) is 7.86. The molecule has 2 rings (SSSR count). The van der Waals surface area contributed by atoms with Gasteiger partial charge >= 0.3 is 0 Å². The molecule has 0 saturated carbocycles. The van der Waals surface area contributed by atoms with E-state index in [2.05, 4.69) is 0 Å². The predicted octanol–water partition coefficient (Wildman–Crippen LogP) is 0.913. The summed E-state index contributed by atoms with van der Waals surface area (Å²) in [5, 5.41) is 0. The SMILES string of the molecule is NC1=C(c2ccccc2)C(=O)CO1. The van der Waals surface area contributed by atoms with Gasteiger partial charge in [0.2, 0.25) is 5.78 Å². The lowest BCUT2D eigenvalue weighted by molar-refractivity contribution is -0.115. The van der Waals surface area contributed by atoms with Crippen molar-refractivity contribution in [1.82, 2.24) is 0 Å². The third-order valence-corrected chi connectivity index (χ3v) is 1.95. The topological polar surface area (TPSA) is 52.3 Å². The van der Waals surface area contributed by atoms with Gasteiger partial charge in [0.1, 0.15) is 0 Å². The number of hydrogen-bond donors (Lipinski definition) is 1. The Morgan fingerprint density at radius 3 is 2.46 bits per heavy atom. The highest BCUT2D eigenvalue weighted by atomic mass is 16.5. The van der Waals surface area contributed by atoms with E-state index in [0.29, 0.717) is 5.57 Å². The summed E-state index contributed by atoms with van der Waals surface area (Å²) in [6.45, 7) is 0.0655. The summed E-state index contributed by atoms with van der Waals surface area (Å²) >= 11 is 0. The number of nitrogens with two attached hydrogens (primary N) is 1. The molecule has 0 atom stereocenters. The number of carbonyl (C=O) groups is 1. The Morgan fingerprint density at radius 2 is 1.92 bits per heavy atom. The number of ether oxygens (including phenoxy) is 1. The molecule has 1 heterocycles. The van der Waals surface area contributed by atoms with Gasteiger partial charge in [-0.1, -0.05) is 30.3 Å². The van der Waals surface area contributed by atoms with Crippen LogP contribution in [0.15, 0.2) is 36.2 Å². The monoisotopic (exact) mass is 175 g/mol. The van der Waals surface area contributed by atoms with E-state index in [-0.39, 0.29) is 18.3 Å². The first-order valence-electron chi connectivity index (χ1n) is 4.00. The lowest BCUT2D eigenvalue weighted by Gasteiger charge is -1.98. The van der Waals surface area contributed by atoms with Gasteiger partial charge in [0, 0.05) is 0 Å². The normalized spacial score (nSPS) is 16.2. The average molecular weight is 175 g/mol. The smallest absolute Gasteiger partial charge is 0.206 e. The minimum absolute atomic E-state index is 0.0521. The van der Waals surface area contributed by atoms with Crippen molar-refractivity contribution in [2.45, 2.75) is 0 Å². The van der Waals surface area contributed by atoms with Gasteiger partial charge in [-0.25, -0.2) is 0 Å². The molecule has 0 radical (unpaired) electrons. The van der Waals surface area contributed by atoms with Crippen LogP contribution in [0.2, 0.25) is 0 Å². The molecule has 1 aliphatic rings. The van der Waals surface area contributed by atoms with Crippen LogP contribution in [0.1, 0.15) is 5.56 Å². The Labute approximate surface area is 75.8 Å². The summed E-state index contributed by atoms with van der Waals surface area (Å²) in [5.41, 5.74) is 6.86. The van der Waals surface area contributed by atoms with Gasteiger partial charge in [-0.05, 0) is 5.56 Å². The Bertz CT molecular complexity index is 368. The second-order valence-electron chi connectivity index (χ2n) is 2.82. The molecule has 66 valence electrons. The van der Waals surface area contributed by atoms with Crippen LogP contribution in [0.5, 0.6) is 0 Å². The second-order valence-corrected chi connectivity index (χ2v) is 2.82. The van der Waals surface area contributed by atoms with Crippen molar-refractivity contribution in [2.24, 2.45) is 5.73 Å². The van der Waals surface area contributed by atoms with Gasteiger partial charge in [0.25, 0.3) is 0 Å². The van der Waals surface area contributed by atoms with Gasteiger partial charge in [-0.2, -0.15) is 0 Å². The molecular weight excluding hydrogens is 166 g/mol. The largest absolute Gasteiger partial charge is 0.470 e. The molecule has 0 aliphatic carbocycles. The molecule has 1 aliphatic heterocycles. The first-order valence-corrected chi connectivity index (χ1v) is 4.00. The van der Waals surface area contributed by atoms with Gasteiger partial charge in [0.05, 0.1) is 5.57 Å². The molecule has 3 nitrogen and oxygen atoms in total. The first-order chi connectivity index (χ1) is 6.29. The van der Waals surface area contributed by atoms with Crippen LogP contribution < -0.4 is 5.73 Å². The molecule has 0 amide bonds. The van der Waals surface area contributed by atoms with Gasteiger partial charge in [-0.3, -0.25) is 4.79 Å². The van der Waals surface area contributed by atoms with Crippen molar-refractivity contribution in [3.05, 3.63) is 41.8 Å². The number of benzene rings is 1. The number of Topliss-reactive ketones (excluding diaryl/α,β-unsaturated/α-hetero) is 1. The van der Waals surface area contributed by atoms with Gasteiger partial charge in [0.15, 0.2) is 12.5 Å². The number of rotatable bonds is 1. The summed E-state index contributed by atoms with van der Waals surface area (Å²) in [5.74, 6) is 0.180. The molecule has 2 N–H and O–H groups in total. The molecule has 1 aromatic carbocycles. The summed E-state index contributed by atoms with van der Waals surface area (Å²) in [4.78, 5) is 11.3. The van der Waals surface area contributed by atoms with E-state index in [4.69, 9.17) is 10.5 Å². The molecule has 0 aromatic heterocycles. The highest BCUT2D eigenvalue weighted by molar-refractivity contribution is 6.23. The zero-order chi connectivity index (χ0) is 9.26. The molecular formula is C10H9NO2. The van der Waals surface area contributed by atoms with Crippen LogP contribution in [0.4, 0.5) is 0 Å². The van der Waals surface area contributed by atoms with E-state index in [1.807, 2.05) is 30.3 Å².